The van der Waals surface area contributed by atoms with Crippen LogP contribution in [0.2, 0.25) is 0 Å². The molecule has 0 radical (unpaired) electrons. The molecule has 0 saturated carbocycles. The van der Waals surface area contributed by atoms with Crippen LogP contribution in [-0.4, -0.2) is 10.1 Å². The third-order valence-corrected chi connectivity index (χ3v) is 1.33. The van der Waals surface area contributed by atoms with Gasteiger partial charge in [-0.2, -0.15) is 0 Å². The fourth-order valence-corrected chi connectivity index (χ4v) is 0.688. The van der Waals surface area contributed by atoms with E-state index in [-0.39, 0.29) is 5.41 Å². The van der Waals surface area contributed by atoms with Crippen LogP contribution >= 0.6 is 12.2 Å². The van der Waals surface area contributed by atoms with Gasteiger partial charge in [-0.05, 0) is 12.2 Å². The SMILES string of the molecule is CC(C)(C)c1noc(=S)[nH]1. The lowest BCUT2D eigenvalue weighted by molar-refractivity contribution is 0.383. The van der Waals surface area contributed by atoms with Crippen LogP contribution in [-0.2, 0) is 5.41 Å². The number of H-pyrrole nitrogens is 1. The van der Waals surface area contributed by atoms with Gasteiger partial charge in [0.25, 0.3) is 4.84 Å². The molecule has 0 amide bonds. The molecule has 0 aromatic carbocycles. The lowest BCUT2D eigenvalue weighted by Gasteiger charge is -2.11. The molecule has 0 aliphatic carbocycles. The van der Waals surface area contributed by atoms with Gasteiger partial charge in [0.2, 0.25) is 0 Å². The van der Waals surface area contributed by atoms with Crippen LogP contribution in [0.3, 0.4) is 0 Å². The molecule has 56 valence electrons. The van der Waals surface area contributed by atoms with Gasteiger partial charge in [-0.15, -0.1) is 0 Å². The Morgan fingerprint density at radius 1 is 1.50 bits per heavy atom. The summed E-state index contributed by atoms with van der Waals surface area (Å²) in [4.78, 5) is 3.19. The minimum Gasteiger partial charge on any atom is -0.324 e. The van der Waals surface area contributed by atoms with E-state index in [1.54, 1.807) is 0 Å². The van der Waals surface area contributed by atoms with E-state index in [0.29, 0.717) is 4.84 Å². The van der Waals surface area contributed by atoms with Gasteiger partial charge in [0.05, 0.1) is 0 Å². The van der Waals surface area contributed by atoms with Gasteiger partial charge in [-0.1, -0.05) is 25.9 Å². The summed E-state index contributed by atoms with van der Waals surface area (Å²) in [6.07, 6.45) is 0. The normalized spacial score (nSPS) is 11.9. The predicted molar refractivity (Wildman–Crippen MR) is 40.4 cm³/mol. The van der Waals surface area contributed by atoms with Gasteiger partial charge < -0.3 is 4.52 Å². The number of hydrogen-bond acceptors (Lipinski definition) is 3. The third-order valence-electron chi connectivity index (χ3n) is 1.15. The lowest BCUT2D eigenvalue weighted by atomic mass is 9.96. The molecule has 1 heterocycles. The van der Waals surface area contributed by atoms with Gasteiger partial charge in [0.15, 0.2) is 5.82 Å². The largest absolute Gasteiger partial charge is 0.324 e. The molecular weight excluding hydrogens is 148 g/mol. The fourth-order valence-electron chi connectivity index (χ4n) is 0.554. The summed E-state index contributed by atoms with van der Waals surface area (Å²) < 4.78 is 4.70. The number of rotatable bonds is 0. The molecule has 1 aromatic heterocycles. The van der Waals surface area contributed by atoms with Crippen LogP contribution in [0.5, 0.6) is 0 Å². The quantitative estimate of drug-likeness (QED) is 0.587. The second kappa shape index (κ2) is 2.20. The predicted octanol–water partition coefficient (Wildman–Crippen LogP) is 2.03. The first-order valence-electron chi connectivity index (χ1n) is 3.06. The van der Waals surface area contributed by atoms with Crippen molar-refractivity contribution in [2.75, 3.05) is 0 Å². The highest BCUT2D eigenvalue weighted by Gasteiger charge is 2.17. The monoisotopic (exact) mass is 158 g/mol. The lowest BCUT2D eigenvalue weighted by Crippen LogP contribution is -2.12. The van der Waals surface area contributed by atoms with E-state index in [0.717, 1.165) is 5.82 Å². The molecule has 0 atom stereocenters. The van der Waals surface area contributed by atoms with Gasteiger partial charge in [-0.3, -0.25) is 4.98 Å². The number of hydrogen-bond donors (Lipinski definition) is 1. The van der Waals surface area contributed by atoms with Gasteiger partial charge >= 0.3 is 0 Å². The summed E-state index contributed by atoms with van der Waals surface area (Å²) in [5, 5.41) is 3.75. The molecule has 0 aliphatic rings. The van der Waals surface area contributed by atoms with Gasteiger partial charge in [0.1, 0.15) is 0 Å². The first-order chi connectivity index (χ1) is 4.50. The van der Waals surface area contributed by atoms with Crippen molar-refractivity contribution in [2.45, 2.75) is 26.2 Å². The summed E-state index contributed by atoms with van der Waals surface area (Å²) in [5.41, 5.74) is -0.0133. The minimum atomic E-state index is -0.0133. The molecule has 4 heteroatoms. The molecular formula is C6H10N2OS. The molecule has 1 N–H and O–H groups in total. The Kier molecular flexibility index (Phi) is 1.64. The van der Waals surface area contributed by atoms with Crippen LogP contribution in [0, 0.1) is 4.84 Å². The molecule has 0 unspecified atom stereocenters. The maximum absolute atomic E-state index is 4.72. The number of aromatic amines is 1. The van der Waals surface area contributed by atoms with Crippen molar-refractivity contribution in [3.8, 4) is 0 Å². The minimum absolute atomic E-state index is 0.0133. The number of aromatic nitrogens is 2. The highest BCUT2D eigenvalue weighted by molar-refractivity contribution is 7.71. The molecule has 10 heavy (non-hydrogen) atoms. The maximum atomic E-state index is 4.72. The molecule has 3 nitrogen and oxygen atoms in total. The topological polar surface area (TPSA) is 41.8 Å². The van der Waals surface area contributed by atoms with E-state index in [2.05, 4.69) is 10.1 Å². The van der Waals surface area contributed by atoms with Crippen molar-refractivity contribution in [3.63, 3.8) is 0 Å². The van der Waals surface area contributed by atoms with E-state index in [1.807, 2.05) is 20.8 Å². The Labute approximate surface area is 64.4 Å². The molecule has 0 aliphatic heterocycles. The maximum Gasteiger partial charge on any atom is 0.294 e. The summed E-state index contributed by atoms with van der Waals surface area (Å²) in [6, 6.07) is 0. The highest BCUT2D eigenvalue weighted by atomic mass is 32.1. The first-order valence-corrected chi connectivity index (χ1v) is 3.47. The zero-order valence-electron chi connectivity index (χ0n) is 6.26. The molecule has 0 saturated heterocycles. The van der Waals surface area contributed by atoms with Gasteiger partial charge in [0, 0.05) is 5.41 Å². The average Bonchev–Trinajstić information content (AvgIpc) is 2.11. The Morgan fingerprint density at radius 2 is 2.10 bits per heavy atom. The standard InChI is InChI=1S/C6H10N2OS/c1-6(2,3)4-7-5(10)9-8-4/h1-3H3,(H,7,8,10). The summed E-state index contributed by atoms with van der Waals surface area (Å²) in [6.45, 7) is 6.11. The van der Waals surface area contributed by atoms with E-state index in [9.17, 15) is 0 Å². The van der Waals surface area contributed by atoms with Crippen molar-refractivity contribution in [1.29, 1.82) is 0 Å². The van der Waals surface area contributed by atoms with E-state index in [4.69, 9.17) is 16.7 Å². The summed E-state index contributed by atoms with van der Waals surface area (Å²) in [5.74, 6) is 0.789. The van der Waals surface area contributed by atoms with Crippen molar-refractivity contribution in [1.82, 2.24) is 10.1 Å². The zero-order valence-corrected chi connectivity index (χ0v) is 7.08. The number of nitrogens with one attached hydrogen (secondary N) is 1. The Balaban J connectivity index is 3.07. The van der Waals surface area contributed by atoms with Crippen LogP contribution in [0.4, 0.5) is 0 Å². The molecule has 0 spiro atoms. The van der Waals surface area contributed by atoms with Crippen molar-refractivity contribution < 1.29 is 4.52 Å². The smallest absolute Gasteiger partial charge is 0.294 e. The van der Waals surface area contributed by atoms with Gasteiger partial charge in [-0.25, -0.2) is 0 Å². The molecule has 0 fully saturated rings. The Hall–Kier alpha value is -0.640. The molecule has 0 bridgehead atoms. The second-order valence-electron chi connectivity index (χ2n) is 3.19. The van der Waals surface area contributed by atoms with E-state index >= 15 is 0 Å². The average molecular weight is 158 g/mol. The summed E-state index contributed by atoms with van der Waals surface area (Å²) >= 11 is 4.72. The third kappa shape index (κ3) is 1.44. The van der Waals surface area contributed by atoms with E-state index < -0.39 is 0 Å². The van der Waals surface area contributed by atoms with Crippen molar-refractivity contribution >= 4 is 12.2 Å². The highest BCUT2D eigenvalue weighted by Crippen LogP contribution is 2.16. The van der Waals surface area contributed by atoms with Crippen molar-refractivity contribution in [2.24, 2.45) is 0 Å². The summed E-state index contributed by atoms with van der Waals surface area (Å²) in [7, 11) is 0. The van der Waals surface area contributed by atoms with Crippen LogP contribution in [0.1, 0.15) is 26.6 Å². The van der Waals surface area contributed by atoms with Crippen molar-refractivity contribution in [3.05, 3.63) is 10.7 Å². The Morgan fingerprint density at radius 3 is 2.30 bits per heavy atom. The molecule has 1 rings (SSSR count). The van der Waals surface area contributed by atoms with Crippen LogP contribution in [0.25, 0.3) is 0 Å². The van der Waals surface area contributed by atoms with Crippen LogP contribution in [0.15, 0.2) is 4.52 Å². The van der Waals surface area contributed by atoms with E-state index in [1.165, 1.54) is 0 Å². The Bertz CT molecular complexity index is 268. The molecule has 1 aromatic rings. The first kappa shape index (κ1) is 7.47. The van der Waals surface area contributed by atoms with Crippen LogP contribution < -0.4 is 0 Å². The zero-order chi connectivity index (χ0) is 7.78. The number of nitrogens with zero attached hydrogens (tertiary/aromatic N) is 1. The fraction of sp³-hybridized carbons (Fsp3) is 0.667. The second-order valence-corrected chi connectivity index (χ2v) is 3.56.